The smallest absolute Gasteiger partial charge is 0.434 e. The Morgan fingerprint density at radius 2 is 1.76 bits per heavy atom. The van der Waals surface area contributed by atoms with E-state index in [1.54, 1.807) is 42.2 Å². The number of ether oxygens (including phenoxy) is 2. The monoisotopic (exact) mass is 400 g/mol. The Kier molecular flexibility index (Phi) is 7.27. The second-order valence-corrected chi connectivity index (χ2v) is 7.39. The highest BCUT2D eigenvalue weighted by Crippen LogP contribution is 2.23. The third-order valence-corrected chi connectivity index (χ3v) is 5.27. The molecule has 0 spiro atoms. The zero-order valence-electron chi connectivity index (χ0n) is 16.8. The summed E-state index contributed by atoms with van der Waals surface area (Å²) in [4.78, 5) is 38.0. The first-order valence-corrected chi connectivity index (χ1v) is 10.3. The van der Waals surface area contributed by atoms with Gasteiger partial charge in [-0.3, -0.25) is 9.59 Å². The highest BCUT2D eigenvalue weighted by atomic mass is 16.7. The summed E-state index contributed by atoms with van der Waals surface area (Å²) in [5, 5.41) is 3.07. The lowest BCUT2D eigenvalue weighted by Gasteiger charge is -2.32. The summed E-state index contributed by atoms with van der Waals surface area (Å²) < 4.78 is 9.73. The number of amides is 2. The van der Waals surface area contributed by atoms with E-state index in [-0.39, 0.29) is 24.5 Å². The number of allylic oxidation sites excluding steroid dienone is 1. The van der Waals surface area contributed by atoms with Gasteiger partial charge in [0.1, 0.15) is 5.75 Å². The van der Waals surface area contributed by atoms with E-state index in [0.717, 1.165) is 25.7 Å². The van der Waals surface area contributed by atoms with Crippen LogP contribution in [0.5, 0.6) is 5.75 Å². The number of rotatable bonds is 5. The van der Waals surface area contributed by atoms with Gasteiger partial charge in [0.2, 0.25) is 5.91 Å². The summed E-state index contributed by atoms with van der Waals surface area (Å²) in [5.74, 6) is 0.257. The van der Waals surface area contributed by atoms with E-state index < -0.39 is 6.16 Å². The van der Waals surface area contributed by atoms with Gasteiger partial charge in [-0.1, -0.05) is 5.57 Å². The average molecular weight is 400 g/mol. The molecule has 156 valence electrons. The maximum absolute atomic E-state index is 12.7. The van der Waals surface area contributed by atoms with Gasteiger partial charge in [-0.15, -0.1) is 0 Å². The molecule has 2 aliphatic rings. The molecule has 0 bridgehead atoms. The molecule has 1 aromatic carbocycles. The summed E-state index contributed by atoms with van der Waals surface area (Å²) in [6.45, 7) is 3.14. The first kappa shape index (κ1) is 20.9. The van der Waals surface area contributed by atoms with Crippen molar-refractivity contribution in [3.8, 4) is 5.75 Å². The fourth-order valence-corrected chi connectivity index (χ4v) is 3.72. The van der Waals surface area contributed by atoms with E-state index in [9.17, 15) is 14.4 Å². The first-order valence-electron chi connectivity index (χ1n) is 10.3. The molecule has 0 atom stereocenters. The van der Waals surface area contributed by atoms with Crippen LogP contribution in [0.4, 0.5) is 4.79 Å². The van der Waals surface area contributed by atoms with Crippen molar-refractivity contribution < 1.29 is 23.9 Å². The summed E-state index contributed by atoms with van der Waals surface area (Å²) in [5.41, 5.74) is 1.78. The number of hydrogen-bond acceptors (Lipinski definition) is 5. The predicted molar refractivity (Wildman–Crippen MR) is 108 cm³/mol. The number of nitrogens with zero attached hydrogens (tertiary/aromatic N) is 1. The van der Waals surface area contributed by atoms with Crippen LogP contribution in [0.2, 0.25) is 0 Å². The van der Waals surface area contributed by atoms with Crippen molar-refractivity contribution in [2.75, 3.05) is 19.7 Å². The van der Waals surface area contributed by atoms with Crippen LogP contribution in [0, 0.1) is 0 Å². The fourth-order valence-electron chi connectivity index (χ4n) is 3.72. The van der Waals surface area contributed by atoms with Crippen LogP contribution in [-0.2, 0) is 9.53 Å². The van der Waals surface area contributed by atoms with Gasteiger partial charge >= 0.3 is 6.16 Å². The number of carbonyl (C=O) groups is 3. The Balaban J connectivity index is 1.46. The molecule has 2 amide bonds. The average Bonchev–Trinajstić information content (AvgIpc) is 3.21. The van der Waals surface area contributed by atoms with E-state index in [0.29, 0.717) is 24.4 Å². The molecule has 1 N–H and O–H groups in total. The quantitative estimate of drug-likeness (QED) is 0.465. The van der Waals surface area contributed by atoms with Gasteiger partial charge in [-0.2, -0.15) is 0 Å². The molecule has 1 aliphatic heterocycles. The molecule has 7 nitrogen and oxygen atoms in total. The molecule has 0 radical (unpaired) electrons. The standard InChI is InChI=1S/C22H28N2O5/c1-2-28-22(27)29-19-9-7-17(8-10-19)21(26)24-13-11-18(12-14-24)23-20(25)15-16-5-3-4-6-16/h7-10,15,18H,2-6,11-14H2,1H3,(H,23,25). The highest BCUT2D eigenvalue weighted by molar-refractivity contribution is 5.94. The van der Waals surface area contributed by atoms with Gasteiger partial charge in [0.15, 0.2) is 0 Å². The molecule has 1 aromatic rings. The molecule has 1 heterocycles. The molecule has 1 saturated carbocycles. The van der Waals surface area contributed by atoms with E-state index in [1.807, 2.05) is 0 Å². The minimum atomic E-state index is -0.765. The minimum Gasteiger partial charge on any atom is -0.434 e. The molecule has 7 heteroatoms. The molecule has 0 aromatic heterocycles. The number of benzene rings is 1. The van der Waals surface area contributed by atoms with E-state index >= 15 is 0 Å². The summed E-state index contributed by atoms with van der Waals surface area (Å²) in [7, 11) is 0. The van der Waals surface area contributed by atoms with Gasteiger partial charge < -0.3 is 19.7 Å². The lowest BCUT2D eigenvalue weighted by atomic mass is 10.0. The zero-order chi connectivity index (χ0) is 20.6. The van der Waals surface area contributed by atoms with Crippen LogP contribution >= 0.6 is 0 Å². The second kappa shape index (κ2) is 10.1. The van der Waals surface area contributed by atoms with Gasteiger partial charge in [0.05, 0.1) is 6.61 Å². The molecule has 29 heavy (non-hydrogen) atoms. The Morgan fingerprint density at radius 1 is 1.10 bits per heavy atom. The fraction of sp³-hybridized carbons (Fsp3) is 0.500. The highest BCUT2D eigenvalue weighted by Gasteiger charge is 2.24. The molecular formula is C22H28N2O5. The van der Waals surface area contributed by atoms with E-state index in [2.05, 4.69) is 5.32 Å². The Labute approximate surface area is 171 Å². The van der Waals surface area contributed by atoms with Crippen LogP contribution < -0.4 is 10.1 Å². The number of piperidine rings is 1. The van der Waals surface area contributed by atoms with Crippen molar-refractivity contribution in [3.63, 3.8) is 0 Å². The lowest BCUT2D eigenvalue weighted by Crippen LogP contribution is -2.46. The summed E-state index contributed by atoms with van der Waals surface area (Å²) in [6, 6.07) is 6.53. The van der Waals surface area contributed by atoms with Crippen molar-refractivity contribution in [1.82, 2.24) is 10.2 Å². The van der Waals surface area contributed by atoms with Crippen LogP contribution in [0.15, 0.2) is 35.9 Å². The molecule has 3 rings (SSSR count). The maximum Gasteiger partial charge on any atom is 0.513 e. The number of nitrogens with one attached hydrogen (secondary N) is 1. The van der Waals surface area contributed by atoms with Crippen LogP contribution in [0.1, 0.15) is 55.8 Å². The third kappa shape index (κ3) is 6.07. The van der Waals surface area contributed by atoms with Gasteiger partial charge in [0, 0.05) is 30.8 Å². The van der Waals surface area contributed by atoms with Crippen LogP contribution in [0.3, 0.4) is 0 Å². The molecule has 0 unspecified atom stereocenters. The number of likely N-dealkylation sites (tertiary alicyclic amines) is 1. The van der Waals surface area contributed by atoms with Crippen molar-refractivity contribution in [2.24, 2.45) is 0 Å². The second-order valence-electron chi connectivity index (χ2n) is 7.39. The SMILES string of the molecule is CCOC(=O)Oc1ccc(C(=O)N2CCC(NC(=O)C=C3CCCC3)CC2)cc1. The number of hydrogen-bond donors (Lipinski definition) is 1. The maximum atomic E-state index is 12.7. The predicted octanol–water partition coefficient (Wildman–Crippen LogP) is 3.44. The first-order chi connectivity index (χ1) is 14.0. The summed E-state index contributed by atoms with van der Waals surface area (Å²) >= 11 is 0. The largest absolute Gasteiger partial charge is 0.513 e. The molecule has 1 saturated heterocycles. The minimum absolute atomic E-state index is 0.0103. The van der Waals surface area contributed by atoms with E-state index in [4.69, 9.17) is 9.47 Å². The molecule has 2 fully saturated rings. The van der Waals surface area contributed by atoms with Gasteiger partial charge in [-0.05, 0) is 69.7 Å². The molecule has 1 aliphatic carbocycles. The summed E-state index contributed by atoms with van der Waals surface area (Å²) in [6.07, 6.45) is 6.89. The van der Waals surface area contributed by atoms with Gasteiger partial charge in [-0.25, -0.2) is 4.79 Å². The Morgan fingerprint density at radius 3 is 2.38 bits per heavy atom. The van der Waals surface area contributed by atoms with Crippen LogP contribution in [-0.4, -0.2) is 48.6 Å². The van der Waals surface area contributed by atoms with Crippen molar-refractivity contribution >= 4 is 18.0 Å². The zero-order valence-corrected chi connectivity index (χ0v) is 16.8. The van der Waals surface area contributed by atoms with Crippen molar-refractivity contribution in [2.45, 2.75) is 51.5 Å². The van der Waals surface area contributed by atoms with Crippen molar-refractivity contribution in [3.05, 3.63) is 41.5 Å². The van der Waals surface area contributed by atoms with Crippen LogP contribution in [0.25, 0.3) is 0 Å². The Bertz CT molecular complexity index is 756. The normalized spacial score (nSPS) is 17.0. The lowest BCUT2D eigenvalue weighted by molar-refractivity contribution is -0.117. The molecular weight excluding hydrogens is 372 g/mol. The third-order valence-electron chi connectivity index (χ3n) is 5.27. The van der Waals surface area contributed by atoms with Crippen molar-refractivity contribution in [1.29, 1.82) is 0 Å². The number of carbonyl (C=O) groups excluding carboxylic acids is 3. The van der Waals surface area contributed by atoms with Gasteiger partial charge in [0.25, 0.3) is 5.91 Å². The topological polar surface area (TPSA) is 84.9 Å². The Hall–Kier alpha value is -2.83. The van der Waals surface area contributed by atoms with E-state index in [1.165, 1.54) is 18.4 Å².